The number of rotatable bonds is 3. The van der Waals surface area contributed by atoms with Gasteiger partial charge < -0.3 is 14.8 Å². The van der Waals surface area contributed by atoms with Crippen LogP contribution in [0.1, 0.15) is 21.9 Å². The number of hydrogen-bond acceptors (Lipinski definition) is 5. The zero-order valence-corrected chi connectivity index (χ0v) is 10.8. The van der Waals surface area contributed by atoms with E-state index in [0.29, 0.717) is 17.1 Å². The normalized spacial score (nSPS) is 10.3. The summed E-state index contributed by atoms with van der Waals surface area (Å²) in [4.78, 5) is 22.1. The number of phenols is 1. The Balaban J connectivity index is 2.30. The molecule has 7 heteroatoms. The number of nitro groups is 1. The first-order valence-electron chi connectivity index (χ1n) is 5.74. The largest absolute Gasteiger partial charge is 0.506 e. The van der Waals surface area contributed by atoms with Gasteiger partial charge in [-0.05, 0) is 26.0 Å². The maximum Gasteiger partial charge on any atom is 0.271 e. The van der Waals surface area contributed by atoms with Crippen LogP contribution in [0.5, 0.6) is 5.75 Å². The molecule has 2 N–H and O–H groups in total. The molecule has 0 aliphatic carbocycles. The van der Waals surface area contributed by atoms with Crippen molar-refractivity contribution in [1.29, 1.82) is 0 Å². The van der Waals surface area contributed by atoms with Crippen LogP contribution in [0.25, 0.3) is 0 Å². The van der Waals surface area contributed by atoms with Gasteiger partial charge in [-0.25, -0.2) is 0 Å². The number of anilines is 1. The molecule has 0 saturated heterocycles. The van der Waals surface area contributed by atoms with Gasteiger partial charge in [0.25, 0.3) is 11.6 Å². The lowest BCUT2D eigenvalue weighted by Crippen LogP contribution is -2.12. The monoisotopic (exact) mass is 276 g/mol. The molecular weight excluding hydrogens is 264 g/mol. The van der Waals surface area contributed by atoms with Crippen molar-refractivity contribution < 1.29 is 19.2 Å². The Morgan fingerprint density at radius 2 is 2.05 bits per heavy atom. The zero-order chi connectivity index (χ0) is 14.9. The Morgan fingerprint density at radius 3 is 2.60 bits per heavy atom. The van der Waals surface area contributed by atoms with Crippen molar-refractivity contribution in [3.63, 3.8) is 0 Å². The van der Waals surface area contributed by atoms with Crippen LogP contribution in [-0.4, -0.2) is 15.9 Å². The zero-order valence-electron chi connectivity index (χ0n) is 10.8. The maximum absolute atomic E-state index is 12.0. The highest BCUT2D eigenvalue weighted by Gasteiger charge is 2.17. The van der Waals surface area contributed by atoms with Gasteiger partial charge in [0, 0.05) is 12.1 Å². The number of non-ortho nitro benzene ring substituents is 1. The topological polar surface area (TPSA) is 106 Å². The van der Waals surface area contributed by atoms with E-state index in [1.54, 1.807) is 19.9 Å². The lowest BCUT2D eigenvalue weighted by molar-refractivity contribution is -0.384. The molecule has 2 aromatic rings. The Kier molecular flexibility index (Phi) is 3.43. The minimum Gasteiger partial charge on any atom is -0.506 e. The van der Waals surface area contributed by atoms with Gasteiger partial charge in [0.05, 0.1) is 16.2 Å². The molecule has 2 rings (SSSR count). The fourth-order valence-electron chi connectivity index (χ4n) is 1.78. The molecule has 0 spiro atoms. The molecule has 7 nitrogen and oxygen atoms in total. The van der Waals surface area contributed by atoms with Gasteiger partial charge in [-0.15, -0.1) is 0 Å². The van der Waals surface area contributed by atoms with Crippen LogP contribution in [0, 0.1) is 24.0 Å². The van der Waals surface area contributed by atoms with Crippen LogP contribution >= 0.6 is 0 Å². The first kappa shape index (κ1) is 13.6. The van der Waals surface area contributed by atoms with Gasteiger partial charge in [-0.1, -0.05) is 0 Å². The van der Waals surface area contributed by atoms with E-state index in [4.69, 9.17) is 4.42 Å². The number of carbonyl (C=O) groups is 1. The molecule has 1 heterocycles. The van der Waals surface area contributed by atoms with Crippen LogP contribution in [0.4, 0.5) is 11.4 Å². The van der Waals surface area contributed by atoms with E-state index in [1.165, 1.54) is 0 Å². The third-order valence-corrected chi connectivity index (χ3v) is 2.72. The number of phenolic OH excluding ortho intramolecular Hbond substituents is 1. The van der Waals surface area contributed by atoms with Crippen molar-refractivity contribution >= 4 is 17.3 Å². The quantitative estimate of drug-likeness (QED) is 0.509. The SMILES string of the molecule is Cc1cc(C(=O)Nc2cc([N+](=O)[O-])ccc2O)c(C)o1. The number of aromatic hydroxyl groups is 1. The minimum atomic E-state index is -0.609. The van der Waals surface area contributed by atoms with Crippen molar-refractivity contribution in [2.75, 3.05) is 5.32 Å². The summed E-state index contributed by atoms with van der Waals surface area (Å²) in [6.45, 7) is 3.34. The van der Waals surface area contributed by atoms with E-state index >= 15 is 0 Å². The summed E-state index contributed by atoms with van der Waals surface area (Å²) in [6.07, 6.45) is 0. The Morgan fingerprint density at radius 1 is 1.35 bits per heavy atom. The van der Waals surface area contributed by atoms with Crippen LogP contribution in [-0.2, 0) is 0 Å². The molecule has 0 radical (unpaired) electrons. The van der Waals surface area contributed by atoms with Crippen molar-refractivity contribution in [2.24, 2.45) is 0 Å². The van der Waals surface area contributed by atoms with Gasteiger partial charge in [0.15, 0.2) is 0 Å². The van der Waals surface area contributed by atoms with E-state index in [1.807, 2.05) is 0 Å². The highest BCUT2D eigenvalue weighted by atomic mass is 16.6. The Hall–Kier alpha value is -2.83. The van der Waals surface area contributed by atoms with Gasteiger partial charge in [0.1, 0.15) is 17.3 Å². The molecule has 0 bridgehead atoms. The molecule has 104 valence electrons. The molecule has 1 aromatic carbocycles. The number of hydrogen-bond donors (Lipinski definition) is 2. The second-order valence-electron chi connectivity index (χ2n) is 4.24. The standard InChI is InChI=1S/C13H12N2O5/c1-7-5-10(8(2)20-7)13(17)14-11-6-9(15(18)19)3-4-12(11)16/h3-6,16H,1-2H3,(H,14,17). The number of benzene rings is 1. The van der Waals surface area contributed by atoms with Gasteiger partial charge >= 0.3 is 0 Å². The number of nitrogens with zero attached hydrogens (tertiary/aromatic N) is 1. The summed E-state index contributed by atoms with van der Waals surface area (Å²) in [5.41, 5.74) is 0.0639. The van der Waals surface area contributed by atoms with Gasteiger partial charge in [0.2, 0.25) is 0 Å². The summed E-state index contributed by atoms with van der Waals surface area (Å²) in [5.74, 6) is 0.262. The van der Waals surface area contributed by atoms with Crippen molar-refractivity contribution in [3.05, 3.63) is 51.5 Å². The molecule has 0 saturated carbocycles. The molecule has 0 aliphatic heterocycles. The molecule has 0 atom stereocenters. The number of amides is 1. The highest BCUT2D eigenvalue weighted by molar-refractivity contribution is 6.05. The Labute approximate surface area is 114 Å². The predicted octanol–water partition coefficient (Wildman–Crippen LogP) is 2.76. The number of aryl methyl sites for hydroxylation is 2. The van der Waals surface area contributed by atoms with E-state index in [9.17, 15) is 20.0 Å². The number of furan rings is 1. The number of carbonyl (C=O) groups excluding carboxylic acids is 1. The van der Waals surface area contributed by atoms with Crippen molar-refractivity contribution in [2.45, 2.75) is 13.8 Å². The van der Waals surface area contributed by atoms with Crippen LogP contribution in [0.2, 0.25) is 0 Å². The number of nitrogens with one attached hydrogen (secondary N) is 1. The number of nitro benzene ring substituents is 1. The van der Waals surface area contributed by atoms with E-state index in [-0.39, 0.29) is 17.1 Å². The summed E-state index contributed by atoms with van der Waals surface area (Å²) >= 11 is 0. The van der Waals surface area contributed by atoms with Crippen LogP contribution < -0.4 is 5.32 Å². The lowest BCUT2D eigenvalue weighted by atomic mass is 10.2. The van der Waals surface area contributed by atoms with Gasteiger partial charge in [-0.3, -0.25) is 14.9 Å². The molecule has 0 fully saturated rings. The second kappa shape index (κ2) is 5.04. The third kappa shape index (κ3) is 2.61. The molecule has 1 amide bonds. The van der Waals surface area contributed by atoms with Crippen LogP contribution in [0.15, 0.2) is 28.7 Å². The van der Waals surface area contributed by atoms with E-state index in [0.717, 1.165) is 18.2 Å². The van der Waals surface area contributed by atoms with Crippen molar-refractivity contribution in [1.82, 2.24) is 0 Å². The molecule has 0 aliphatic rings. The first-order valence-corrected chi connectivity index (χ1v) is 5.74. The fourth-order valence-corrected chi connectivity index (χ4v) is 1.78. The van der Waals surface area contributed by atoms with Gasteiger partial charge in [-0.2, -0.15) is 0 Å². The summed E-state index contributed by atoms with van der Waals surface area (Å²) in [5, 5.41) is 22.7. The average molecular weight is 276 g/mol. The summed E-state index contributed by atoms with van der Waals surface area (Å²) < 4.78 is 5.23. The maximum atomic E-state index is 12.0. The molecular formula is C13H12N2O5. The first-order chi connectivity index (χ1) is 9.38. The van der Waals surface area contributed by atoms with Crippen molar-refractivity contribution in [3.8, 4) is 5.75 Å². The summed E-state index contributed by atoms with van der Waals surface area (Å²) in [6, 6.07) is 4.95. The summed E-state index contributed by atoms with van der Waals surface area (Å²) in [7, 11) is 0. The smallest absolute Gasteiger partial charge is 0.271 e. The minimum absolute atomic E-state index is 0.0255. The molecule has 20 heavy (non-hydrogen) atoms. The second-order valence-corrected chi connectivity index (χ2v) is 4.24. The fraction of sp³-hybridized carbons (Fsp3) is 0.154. The Bertz CT molecular complexity index is 690. The van der Waals surface area contributed by atoms with Crippen LogP contribution in [0.3, 0.4) is 0 Å². The predicted molar refractivity (Wildman–Crippen MR) is 70.9 cm³/mol. The van der Waals surface area contributed by atoms with E-state index < -0.39 is 10.8 Å². The highest BCUT2D eigenvalue weighted by Crippen LogP contribution is 2.28. The average Bonchev–Trinajstić information content (AvgIpc) is 2.71. The molecule has 1 aromatic heterocycles. The van der Waals surface area contributed by atoms with E-state index in [2.05, 4.69) is 5.32 Å². The lowest BCUT2D eigenvalue weighted by Gasteiger charge is -2.06. The molecule has 0 unspecified atom stereocenters. The third-order valence-electron chi connectivity index (χ3n) is 2.72.